The van der Waals surface area contributed by atoms with Gasteiger partial charge < -0.3 is 10.3 Å². The number of fused-ring (bicyclic) bond motifs is 1. The molecule has 0 radical (unpaired) electrons. The minimum atomic E-state index is -0.262. The van der Waals surface area contributed by atoms with E-state index in [-0.39, 0.29) is 5.69 Å². The van der Waals surface area contributed by atoms with Crippen LogP contribution in [0.15, 0.2) is 11.0 Å². The molecule has 0 saturated carbocycles. The summed E-state index contributed by atoms with van der Waals surface area (Å²) in [5.74, 6) is 0. The Kier molecular flexibility index (Phi) is 1.07. The van der Waals surface area contributed by atoms with Crippen LogP contribution in [-0.4, -0.2) is 9.97 Å². The fourth-order valence-corrected chi connectivity index (χ4v) is 1.09. The third kappa shape index (κ3) is 0.733. The van der Waals surface area contributed by atoms with Gasteiger partial charge in [0.2, 0.25) is 0 Å². The average molecular weight is 137 g/mol. The lowest BCUT2D eigenvalue weighted by Gasteiger charge is -1.91. The van der Waals surface area contributed by atoms with Crippen LogP contribution in [-0.2, 0) is 13.1 Å². The van der Waals surface area contributed by atoms with E-state index in [2.05, 4.69) is 15.3 Å². The van der Waals surface area contributed by atoms with Crippen LogP contribution >= 0.6 is 0 Å². The molecule has 0 aliphatic carbocycles. The maximum Gasteiger partial charge on any atom is 0.345 e. The summed E-state index contributed by atoms with van der Waals surface area (Å²) in [5.41, 5.74) is 1.81. The summed E-state index contributed by atoms with van der Waals surface area (Å²) in [4.78, 5) is 16.9. The zero-order chi connectivity index (χ0) is 6.97. The first-order valence-corrected chi connectivity index (χ1v) is 3.14. The van der Waals surface area contributed by atoms with Crippen molar-refractivity contribution in [3.8, 4) is 0 Å². The van der Waals surface area contributed by atoms with Crippen LogP contribution in [0.4, 0.5) is 0 Å². The number of H-pyrrole nitrogens is 1. The van der Waals surface area contributed by atoms with Gasteiger partial charge in [-0.3, -0.25) is 0 Å². The van der Waals surface area contributed by atoms with Gasteiger partial charge in [-0.1, -0.05) is 0 Å². The Morgan fingerprint density at radius 1 is 1.50 bits per heavy atom. The number of hydrogen-bond donors (Lipinski definition) is 2. The summed E-state index contributed by atoms with van der Waals surface area (Å²) < 4.78 is 0. The van der Waals surface area contributed by atoms with Crippen molar-refractivity contribution in [1.82, 2.24) is 15.3 Å². The van der Waals surface area contributed by atoms with E-state index in [1.165, 1.54) is 0 Å². The molecule has 0 amide bonds. The Labute approximate surface area is 57.3 Å². The highest BCUT2D eigenvalue weighted by molar-refractivity contribution is 5.19. The van der Waals surface area contributed by atoms with Gasteiger partial charge >= 0.3 is 5.69 Å². The van der Waals surface area contributed by atoms with Crippen molar-refractivity contribution in [2.75, 3.05) is 0 Å². The molecule has 1 aromatic rings. The van der Waals surface area contributed by atoms with Crippen molar-refractivity contribution >= 4 is 0 Å². The summed E-state index contributed by atoms with van der Waals surface area (Å²) in [6.45, 7) is 1.58. The molecule has 2 rings (SSSR count). The van der Waals surface area contributed by atoms with Crippen molar-refractivity contribution in [3.05, 3.63) is 27.9 Å². The SMILES string of the molecule is O=c1ncc2c([nH]1)CNC2. The number of rotatable bonds is 0. The molecule has 10 heavy (non-hydrogen) atoms. The summed E-state index contributed by atoms with van der Waals surface area (Å²) >= 11 is 0. The highest BCUT2D eigenvalue weighted by atomic mass is 16.1. The Hall–Kier alpha value is -1.16. The molecular weight excluding hydrogens is 130 g/mol. The molecule has 0 atom stereocenters. The van der Waals surface area contributed by atoms with Crippen LogP contribution in [0, 0.1) is 0 Å². The summed E-state index contributed by atoms with van der Waals surface area (Å²) in [7, 11) is 0. The molecule has 4 nitrogen and oxygen atoms in total. The van der Waals surface area contributed by atoms with Gasteiger partial charge in [0, 0.05) is 30.5 Å². The molecule has 2 heterocycles. The van der Waals surface area contributed by atoms with Crippen molar-refractivity contribution in [1.29, 1.82) is 0 Å². The van der Waals surface area contributed by atoms with Gasteiger partial charge in [-0.2, -0.15) is 0 Å². The van der Waals surface area contributed by atoms with Gasteiger partial charge in [-0.15, -0.1) is 0 Å². The molecule has 1 aliphatic heterocycles. The molecule has 52 valence electrons. The van der Waals surface area contributed by atoms with Crippen LogP contribution in [0.2, 0.25) is 0 Å². The highest BCUT2D eigenvalue weighted by Crippen LogP contribution is 2.07. The fraction of sp³-hybridized carbons (Fsp3) is 0.333. The molecular formula is C6H7N3O. The van der Waals surface area contributed by atoms with Gasteiger partial charge in [-0.05, 0) is 0 Å². The third-order valence-corrected chi connectivity index (χ3v) is 1.60. The van der Waals surface area contributed by atoms with Gasteiger partial charge in [0.15, 0.2) is 0 Å². The largest absolute Gasteiger partial charge is 0.345 e. The minimum absolute atomic E-state index is 0.262. The Morgan fingerprint density at radius 3 is 3.30 bits per heavy atom. The number of nitrogens with one attached hydrogen (secondary N) is 2. The number of hydrogen-bond acceptors (Lipinski definition) is 3. The number of aromatic amines is 1. The fourth-order valence-electron chi connectivity index (χ4n) is 1.09. The van der Waals surface area contributed by atoms with Crippen LogP contribution in [0.5, 0.6) is 0 Å². The van der Waals surface area contributed by atoms with Crippen LogP contribution in [0.1, 0.15) is 11.3 Å². The van der Waals surface area contributed by atoms with Gasteiger partial charge in [-0.25, -0.2) is 9.78 Å². The molecule has 0 fully saturated rings. The molecule has 1 aliphatic rings. The van der Waals surface area contributed by atoms with E-state index >= 15 is 0 Å². The predicted molar refractivity (Wildman–Crippen MR) is 35.4 cm³/mol. The van der Waals surface area contributed by atoms with E-state index in [0.717, 1.165) is 24.3 Å². The summed E-state index contributed by atoms with van der Waals surface area (Å²) in [6, 6.07) is 0. The van der Waals surface area contributed by atoms with Gasteiger partial charge in [0.1, 0.15) is 0 Å². The van der Waals surface area contributed by atoms with Crippen molar-refractivity contribution < 1.29 is 0 Å². The Morgan fingerprint density at radius 2 is 2.40 bits per heavy atom. The number of nitrogens with zero attached hydrogens (tertiary/aromatic N) is 1. The highest BCUT2D eigenvalue weighted by Gasteiger charge is 2.09. The van der Waals surface area contributed by atoms with E-state index in [9.17, 15) is 4.79 Å². The molecule has 0 unspecified atom stereocenters. The second kappa shape index (κ2) is 1.91. The average Bonchev–Trinajstić information content (AvgIpc) is 2.33. The molecule has 4 heteroatoms. The lowest BCUT2D eigenvalue weighted by atomic mass is 10.3. The first-order chi connectivity index (χ1) is 4.86. The van der Waals surface area contributed by atoms with E-state index in [0.29, 0.717) is 0 Å². The maximum atomic E-state index is 10.6. The topological polar surface area (TPSA) is 57.8 Å². The Bertz CT molecular complexity index is 304. The maximum absolute atomic E-state index is 10.6. The monoisotopic (exact) mass is 137 g/mol. The Balaban J connectivity index is 2.63. The van der Waals surface area contributed by atoms with E-state index in [1.807, 2.05) is 0 Å². The molecule has 0 spiro atoms. The van der Waals surface area contributed by atoms with Crippen molar-refractivity contribution in [2.45, 2.75) is 13.1 Å². The third-order valence-electron chi connectivity index (χ3n) is 1.60. The first-order valence-electron chi connectivity index (χ1n) is 3.14. The van der Waals surface area contributed by atoms with Crippen molar-refractivity contribution in [3.63, 3.8) is 0 Å². The van der Waals surface area contributed by atoms with Crippen LogP contribution < -0.4 is 11.0 Å². The quantitative estimate of drug-likeness (QED) is 0.500. The zero-order valence-electron chi connectivity index (χ0n) is 5.35. The second-order valence-corrected chi connectivity index (χ2v) is 2.30. The van der Waals surface area contributed by atoms with Crippen molar-refractivity contribution in [2.24, 2.45) is 0 Å². The molecule has 0 bridgehead atoms. The first kappa shape index (κ1) is 5.61. The standard InChI is InChI=1S/C6H7N3O/c10-6-8-2-4-1-7-3-5(4)9-6/h2,7H,1,3H2,(H,8,9,10). The second-order valence-electron chi connectivity index (χ2n) is 2.30. The van der Waals surface area contributed by atoms with E-state index < -0.39 is 0 Å². The normalized spacial score (nSPS) is 15.2. The molecule has 0 aromatic carbocycles. The summed E-state index contributed by atoms with van der Waals surface area (Å²) in [5, 5.41) is 3.10. The van der Waals surface area contributed by atoms with E-state index in [1.54, 1.807) is 6.20 Å². The molecule has 1 aromatic heterocycles. The lowest BCUT2D eigenvalue weighted by molar-refractivity contribution is 0.757. The predicted octanol–water partition coefficient (Wildman–Crippen LogP) is -0.627. The van der Waals surface area contributed by atoms with Gasteiger partial charge in [0.25, 0.3) is 0 Å². The van der Waals surface area contributed by atoms with Crippen LogP contribution in [0.3, 0.4) is 0 Å². The minimum Gasteiger partial charge on any atom is -0.308 e. The summed E-state index contributed by atoms with van der Waals surface area (Å²) in [6.07, 6.45) is 1.62. The smallest absolute Gasteiger partial charge is 0.308 e. The van der Waals surface area contributed by atoms with E-state index in [4.69, 9.17) is 0 Å². The van der Waals surface area contributed by atoms with Crippen LogP contribution in [0.25, 0.3) is 0 Å². The molecule has 2 N–H and O–H groups in total. The lowest BCUT2D eigenvalue weighted by Crippen LogP contribution is -2.11. The molecule has 0 saturated heterocycles. The zero-order valence-corrected chi connectivity index (χ0v) is 5.35. The number of aromatic nitrogens is 2. The van der Waals surface area contributed by atoms with Gasteiger partial charge in [0.05, 0.1) is 0 Å².